The molecule has 6 nitrogen and oxygen atoms in total. The highest BCUT2D eigenvalue weighted by Gasteiger charge is 2.10. The molecule has 2 N–H and O–H groups in total. The molecule has 2 aromatic rings. The lowest BCUT2D eigenvalue weighted by Gasteiger charge is -2.26. The molecule has 1 aromatic heterocycles. The molecule has 0 radical (unpaired) electrons. The summed E-state index contributed by atoms with van der Waals surface area (Å²) in [6, 6.07) is 7.37. The minimum absolute atomic E-state index is 0.00113. The second-order valence-corrected chi connectivity index (χ2v) is 7.18. The van der Waals surface area contributed by atoms with Gasteiger partial charge in [-0.3, -0.25) is 9.59 Å². The Balaban J connectivity index is 1.46. The van der Waals surface area contributed by atoms with Gasteiger partial charge in [0.15, 0.2) is 0 Å². The molecule has 0 saturated carbocycles. The number of fused-ring (bicyclic) bond motifs is 1. The van der Waals surface area contributed by atoms with Crippen LogP contribution in [-0.2, 0) is 11.2 Å². The lowest BCUT2D eigenvalue weighted by molar-refractivity contribution is -0.121. The zero-order chi connectivity index (χ0) is 19.1. The summed E-state index contributed by atoms with van der Waals surface area (Å²) >= 11 is 0. The van der Waals surface area contributed by atoms with E-state index in [9.17, 15) is 9.59 Å². The Kier molecular flexibility index (Phi) is 6.87. The molecule has 1 saturated heterocycles. The van der Waals surface area contributed by atoms with Gasteiger partial charge in [0.05, 0.1) is 7.11 Å². The van der Waals surface area contributed by atoms with Crippen LogP contribution in [0.25, 0.3) is 10.9 Å². The van der Waals surface area contributed by atoms with E-state index in [1.807, 2.05) is 24.3 Å². The average Bonchev–Trinajstić information content (AvgIpc) is 2.70. The molecule has 0 spiro atoms. The first-order valence-electron chi connectivity index (χ1n) is 9.85. The van der Waals surface area contributed by atoms with Crippen LogP contribution in [0.1, 0.15) is 37.7 Å². The van der Waals surface area contributed by atoms with Crippen LogP contribution < -0.4 is 15.6 Å². The van der Waals surface area contributed by atoms with Crippen molar-refractivity contribution in [2.75, 3.05) is 33.3 Å². The summed E-state index contributed by atoms with van der Waals surface area (Å²) in [4.78, 5) is 29.6. The lowest BCUT2D eigenvalue weighted by Crippen LogP contribution is -2.33. The van der Waals surface area contributed by atoms with Gasteiger partial charge in [-0.25, -0.2) is 0 Å². The number of carbonyl (C=O) groups excluding carboxylic acids is 1. The fraction of sp³-hybridized carbons (Fsp3) is 0.524. The second kappa shape index (κ2) is 9.55. The number of pyridine rings is 1. The van der Waals surface area contributed by atoms with Gasteiger partial charge < -0.3 is 19.9 Å². The Morgan fingerprint density at radius 2 is 2.04 bits per heavy atom. The number of H-pyrrole nitrogens is 1. The maximum Gasteiger partial charge on any atom is 0.251 e. The minimum atomic E-state index is -0.134. The van der Waals surface area contributed by atoms with Crippen molar-refractivity contribution in [2.45, 2.75) is 38.5 Å². The van der Waals surface area contributed by atoms with E-state index in [4.69, 9.17) is 4.74 Å². The van der Waals surface area contributed by atoms with Crippen LogP contribution in [-0.4, -0.2) is 49.1 Å². The molecule has 0 atom stereocenters. The number of hydrogen-bond acceptors (Lipinski definition) is 4. The number of amides is 1. The van der Waals surface area contributed by atoms with E-state index < -0.39 is 0 Å². The van der Waals surface area contributed by atoms with Gasteiger partial charge in [-0.1, -0.05) is 6.42 Å². The molecule has 1 aliphatic heterocycles. The summed E-state index contributed by atoms with van der Waals surface area (Å²) in [5, 5.41) is 3.88. The van der Waals surface area contributed by atoms with Gasteiger partial charge in [-0.05, 0) is 69.6 Å². The van der Waals surface area contributed by atoms with Crippen LogP contribution in [0.2, 0.25) is 0 Å². The third-order valence-corrected chi connectivity index (χ3v) is 5.17. The predicted molar refractivity (Wildman–Crippen MR) is 107 cm³/mol. The molecule has 1 amide bonds. The summed E-state index contributed by atoms with van der Waals surface area (Å²) in [6.07, 6.45) is 5.65. The van der Waals surface area contributed by atoms with Crippen molar-refractivity contribution >= 4 is 16.8 Å². The molecule has 0 unspecified atom stereocenters. The molecule has 3 rings (SSSR count). The Morgan fingerprint density at radius 1 is 1.22 bits per heavy atom. The number of methoxy groups -OCH3 is 1. The average molecular weight is 371 g/mol. The van der Waals surface area contributed by atoms with Gasteiger partial charge in [-0.15, -0.1) is 0 Å². The maximum atomic E-state index is 12.2. The number of aromatic nitrogens is 1. The van der Waals surface area contributed by atoms with E-state index in [0.29, 0.717) is 24.9 Å². The topological polar surface area (TPSA) is 74.4 Å². The van der Waals surface area contributed by atoms with Crippen molar-refractivity contribution in [3.05, 3.63) is 40.2 Å². The molecular formula is C21H29N3O3. The van der Waals surface area contributed by atoms with Gasteiger partial charge in [-0.2, -0.15) is 0 Å². The first-order valence-corrected chi connectivity index (χ1v) is 9.85. The number of carbonyl (C=O) groups is 1. The minimum Gasteiger partial charge on any atom is -0.497 e. The fourth-order valence-corrected chi connectivity index (χ4v) is 3.59. The van der Waals surface area contributed by atoms with Crippen molar-refractivity contribution in [3.63, 3.8) is 0 Å². The van der Waals surface area contributed by atoms with Gasteiger partial charge in [0.1, 0.15) is 5.75 Å². The highest BCUT2D eigenvalue weighted by atomic mass is 16.5. The van der Waals surface area contributed by atoms with Crippen molar-refractivity contribution in [1.82, 2.24) is 15.2 Å². The quantitative estimate of drug-likeness (QED) is 0.699. The summed E-state index contributed by atoms with van der Waals surface area (Å²) in [7, 11) is 1.61. The molecule has 2 heterocycles. The smallest absolute Gasteiger partial charge is 0.251 e. The lowest BCUT2D eigenvalue weighted by atomic mass is 10.1. The van der Waals surface area contributed by atoms with Crippen molar-refractivity contribution in [2.24, 2.45) is 0 Å². The SMILES string of the molecule is COc1ccc2[nH]c(=O)c(CCC(=O)NCCCN3CCCCC3)cc2c1. The number of nitrogens with one attached hydrogen (secondary N) is 2. The number of piperidine rings is 1. The Hall–Kier alpha value is -2.34. The summed E-state index contributed by atoms with van der Waals surface area (Å²) in [5.41, 5.74) is 1.26. The molecule has 1 aromatic carbocycles. The fourth-order valence-electron chi connectivity index (χ4n) is 3.59. The normalized spacial score (nSPS) is 15.0. The number of benzene rings is 1. The highest BCUT2D eigenvalue weighted by Crippen LogP contribution is 2.19. The van der Waals surface area contributed by atoms with Gasteiger partial charge in [0.25, 0.3) is 5.56 Å². The van der Waals surface area contributed by atoms with Crippen LogP contribution >= 0.6 is 0 Å². The Bertz CT molecular complexity index is 825. The largest absolute Gasteiger partial charge is 0.497 e. The van der Waals surface area contributed by atoms with E-state index in [2.05, 4.69) is 15.2 Å². The van der Waals surface area contributed by atoms with Crippen molar-refractivity contribution < 1.29 is 9.53 Å². The van der Waals surface area contributed by atoms with E-state index in [0.717, 1.165) is 29.6 Å². The summed E-state index contributed by atoms with van der Waals surface area (Å²) in [5.74, 6) is 0.741. The maximum absolute atomic E-state index is 12.2. The van der Waals surface area contributed by atoms with Gasteiger partial charge >= 0.3 is 0 Å². The standard InChI is InChI=1S/C21H29N3O3/c1-27-18-7-8-19-17(15-18)14-16(21(26)23-19)6-9-20(25)22-10-5-13-24-11-3-2-4-12-24/h7-8,14-15H,2-6,9-13H2,1H3,(H,22,25)(H,23,26). The van der Waals surface area contributed by atoms with Crippen LogP contribution in [0, 0.1) is 0 Å². The van der Waals surface area contributed by atoms with Gasteiger partial charge in [0, 0.05) is 29.4 Å². The number of rotatable bonds is 8. The Labute approximate surface area is 159 Å². The summed E-state index contributed by atoms with van der Waals surface area (Å²) < 4.78 is 5.23. The number of hydrogen-bond donors (Lipinski definition) is 2. The number of nitrogens with zero attached hydrogens (tertiary/aromatic N) is 1. The zero-order valence-electron chi connectivity index (χ0n) is 16.1. The summed E-state index contributed by atoms with van der Waals surface area (Å²) in [6.45, 7) is 4.11. The third-order valence-electron chi connectivity index (χ3n) is 5.17. The zero-order valence-corrected chi connectivity index (χ0v) is 16.1. The molecule has 27 heavy (non-hydrogen) atoms. The van der Waals surface area contributed by atoms with E-state index in [1.54, 1.807) is 7.11 Å². The van der Waals surface area contributed by atoms with Crippen LogP contribution in [0.5, 0.6) is 5.75 Å². The molecule has 146 valence electrons. The van der Waals surface area contributed by atoms with Crippen LogP contribution in [0.4, 0.5) is 0 Å². The van der Waals surface area contributed by atoms with Crippen molar-refractivity contribution in [3.8, 4) is 5.75 Å². The molecular weight excluding hydrogens is 342 g/mol. The first-order chi connectivity index (χ1) is 13.2. The highest BCUT2D eigenvalue weighted by molar-refractivity contribution is 5.81. The van der Waals surface area contributed by atoms with Crippen molar-refractivity contribution in [1.29, 1.82) is 0 Å². The monoisotopic (exact) mass is 371 g/mol. The van der Waals surface area contributed by atoms with Gasteiger partial charge in [0.2, 0.25) is 5.91 Å². The second-order valence-electron chi connectivity index (χ2n) is 7.18. The number of aromatic amines is 1. The molecule has 1 fully saturated rings. The Morgan fingerprint density at radius 3 is 2.81 bits per heavy atom. The molecule has 6 heteroatoms. The van der Waals surface area contributed by atoms with E-state index >= 15 is 0 Å². The van der Waals surface area contributed by atoms with E-state index in [-0.39, 0.29) is 11.5 Å². The number of likely N-dealkylation sites (tertiary alicyclic amines) is 1. The molecule has 0 bridgehead atoms. The van der Waals surface area contributed by atoms with Crippen LogP contribution in [0.3, 0.4) is 0 Å². The first kappa shape index (κ1) is 19.4. The molecule has 0 aliphatic carbocycles. The molecule has 1 aliphatic rings. The van der Waals surface area contributed by atoms with E-state index in [1.165, 1.54) is 32.4 Å². The van der Waals surface area contributed by atoms with Crippen LogP contribution in [0.15, 0.2) is 29.1 Å². The third kappa shape index (κ3) is 5.57. The number of ether oxygens (including phenoxy) is 1. The number of aryl methyl sites for hydroxylation is 1. The predicted octanol–water partition coefficient (Wildman–Crippen LogP) is 2.46.